The van der Waals surface area contributed by atoms with Crippen molar-refractivity contribution in [2.75, 3.05) is 19.8 Å². The van der Waals surface area contributed by atoms with Gasteiger partial charge in [-0.2, -0.15) is 0 Å². The summed E-state index contributed by atoms with van der Waals surface area (Å²) in [6.45, 7) is 5.74. The van der Waals surface area contributed by atoms with Crippen LogP contribution < -0.4 is 19.5 Å². The molecule has 4 rings (SSSR count). The molecule has 2 aromatic carbocycles. The number of amides is 1. The summed E-state index contributed by atoms with van der Waals surface area (Å²) in [6, 6.07) is 13.7. The van der Waals surface area contributed by atoms with E-state index < -0.39 is 0 Å². The van der Waals surface area contributed by atoms with Crippen molar-refractivity contribution >= 4 is 5.91 Å². The zero-order valence-electron chi connectivity index (χ0n) is 15.7. The van der Waals surface area contributed by atoms with Crippen molar-refractivity contribution in [3.63, 3.8) is 0 Å². The van der Waals surface area contributed by atoms with Gasteiger partial charge in [0.15, 0.2) is 11.5 Å². The first-order valence-corrected chi connectivity index (χ1v) is 9.52. The number of nitrogens with one attached hydrogen (secondary N) is 1. The van der Waals surface area contributed by atoms with Crippen LogP contribution >= 0.6 is 0 Å². The quantitative estimate of drug-likeness (QED) is 0.898. The maximum Gasteiger partial charge on any atom is 0.227 e. The molecule has 0 aliphatic carbocycles. The fraction of sp³-hybridized carbons (Fsp3) is 0.409. The molecular weight excluding hydrogens is 342 g/mol. The van der Waals surface area contributed by atoms with Crippen molar-refractivity contribution in [1.29, 1.82) is 0 Å². The SMILES string of the molecule is CC(C)C(NC(=O)C1COc2ccccc2C1)c1ccc2c(c1)OCCO2. The van der Waals surface area contributed by atoms with Gasteiger partial charge < -0.3 is 19.5 Å². The Bertz CT molecular complexity index is 833. The number of carbonyl (C=O) groups excluding carboxylic acids is 1. The molecule has 5 heteroatoms. The Morgan fingerprint density at radius 1 is 1.00 bits per heavy atom. The Hall–Kier alpha value is -2.69. The molecule has 0 saturated heterocycles. The second kappa shape index (κ2) is 7.51. The highest BCUT2D eigenvalue weighted by atomic mass is 16.6. The normalized spacial score (nSPS) is 19.0. The van der Waals surface area contributed by atoms with E-state index in [1.54, 1.807) is 0 Å². The molecular formula is C22H25NO4. The van der Waals surface area contributed by atoms with E-state index >= 15 is 0 Å². The molecule has 0 saturated carbocycles. The first-order chi connectivity index (χ1) is 13.1. The molecule has 0 fully saturated rings. The summed E-state index contributed by atoms with van der Waals surface area (Å²) >= 11 is 0. The Labute approximate surface area is 159 Å². The average molecular weight is 367 g/mol. The van der Waals surface area contributed by atoms with E-state index in [2.05, 4.69) is 19.2 Å². The largest absolute Gasteiger partial charge is 0.492 e. The van der Waals surface area contributed by atoms with E-state index in [1.165, 1.54) is 0 Å². The number of carbonyl (C=O) groups is 1. The standard InChI is InChI=1S/C22H25NO4/c1-14(2)21(16-7-8-19-20(12-16)26-10-9-25-19)23-22(24)17-11-15-5-3-4-6-18(15)27-13-17/h3-8,12,14,17,21H,9-11,13H2,1-2H3,(H,23,24). The molecule has 0 radical (unpaired) electrons. The minimum atomic E-state index is -0.182. The molecule has 0 aromatic heterocycles. The van der Waals surface area contributed by atoms with Gasteiger partial charge in [0.2, 0.25) is 5.91 Å². The van der Waals surface area contributed by atoms with Crippen LogP contribution in [0.3, 0.4) is 0 Å². The number of fused-ring (bicyclic) bond motifs is 2. The lowest BCUT2D eigenvalue weighted by atomic mass is 9.92. The first kappa shape index (κ1) is 17.7. The van der Waals surface area contributed by atoms with Crippen molar-refractivity contribution in [1.82, 2.24) is 5.32 Å². The van der Waals surface area contributed by atoms with Crippen LogP contribution in [0.5, 0.6) is 17.2 Å². The van der Waals surface area contributed by atoms with Gasteiger partial charge in [0, 0.05) is 0 Å². The summed E-state index contributed by atoms with van der Waals surface area (Å²) in [4.78, 5) is 12.9. The summed E-state index contributed by atoms with van der Waals surface area (Å²) in [6.07, 6.45) is 0.702. The van der Waals surface area contributed by atoms with Crippen LogP contribution in [-0.2, 0) is 11.2 Å². The third-order valence-electron chi connectivity index (χ3n) is 5.14. The molecule has 27 heavy (non-hydrogen) atoms. The predicted octanol–water partition coefficient (Wildman–Crippen LogP) is 3.52. The van der Waals surface area contributed by atoms with Crippen molar-refractivity contribution < 1.29 is 19.0 Å². The molecule has 142 valence electrons. The molecule has 0 bridgehead atoms. The lowest BCUT2D eigenvalue weighted by molar-refractivity contribution is -0.127. The highest BCUT2D eigenvalue weighted by molar-refractivity contribution is 5.80. The lowest BCUT2D eigenvalue weighted by Crippen LogP contribution is -2.40. The maximum atomic E-state index is 12.9. The molecule has 2 aromatic rings. The molecule has 2 unspecified atom stereocenters. The van der Waals surface area contributed by atoms with Crippen LogP contribution in [0, 0.1) is 11.8 Å². The van der Waals surface area contributed by atoms with E-state index in [9.17, 15) is 4.79 Å². The highest BCUT2D eigenvalue weighted by Crippen LogP contribution is 2.35. The Kier molecular flexibility index (Phi) is 4.92. The van der Waals surface area contributed by atoms with Crippen LogP contribution in [0.1, 0.15) is 31.0 Å². The van der Waals surface area contributed by atoms with Gasteiger partial charge in [-0.05, 0) is 41.7 Å². The van der Waals surface area contributed by atoms with Crippen LogP contribution in [0.15, 0.2) is 42.5 Å². The third-order valence-corrected chi connectivity index (χ3v) is 5.14. The lowest BCUT2D eigenvalue weighted by Gasteiger charge is -2.29. The van der Waals surface area contributed by atoms with Gasteiger partial charge in [-0.25, -0.2) is 0 Å². The van der Waals surface area contributed by atoms with E-state index in [-0.39, 0.29) is 23.8 Å². The topological polar surface area (TPSA) is 56.8 Å². The monoisotopic (exact) mass is 367 g/mol. The zero-order chi connectivity index (χ0) is 18.8. The Morgan fingerprint density at radius 2 is 1.78 bits per heavy atom. The molecule has 2 aliphatic heterocycles. The molecule has 0 spiro atoms. The highest BCUT2D eigenvalue weighted by Gasteiger charge is 2.29. The molecule has 1 N–H and O–H groups in total. The minimum absolute atomic E-state index is 0.0260. The number of rotatable bonds is 4. The molecule has 5 nitrogen and oxygen atoms in total. The Balaban J connectivity index is 1.50. The number of benzene rings is 2. The fourth-order valence-electron chi connectivity index (χ4n) is 3.66. The van der Waals surface area contributed by atoms with E-state index in [0.29, 0.717) is 26.2 Å². The van der Waals surface area contributed by atoms with Gasteiger partial charge in [0.1, 0.15) is 25.6 Å². The smallest absolute Gasteiger partial charge is 0.227 e. The average Bonchev–Trinajstić information content (AvgIpc) is 2.71. The van der Waals surface area contributed by atoms with Crippen LogP contribution in [-0.4, -0.2) is 25.7 Å². The summed E-state index contributed by atoms with van der Waals surface area (Å²) in [5.41, 5.74) is 2.11. The molecule has 2 heterocycles. The molecule has 2 atom stereocenters. The van der Waals surface area contributed by atoms with E-state index in [1.807, 2.05) is 42.5 Å². The summed E-state index contributed by atoms with van der Waals surface area (Å²) < 4.78 is 17.1. The van der Waals surface area contributed by atoms with Crippen molar-refractivity contribution in [3.8, 4) is 17.2 Å². The number of ether oxygens (including phenoxy) is 3. The minimum Gasteiger partial charge on any atom is -0.492 e. The first-order valence-electron chi connectivity index (χ1n) is 9.52. The summed E-state index contributed by atoms with van der Waals surface area (Å²) in [5.74, 6) is 2.48. The number of hydrogen-bond acceptors (Lipinski definition) is 4. The number of para-hydroxylation sites is 1. The van der Waals surface area contributed by atoms with Gasteiger partial charge >= 0.3 is 0 Å². The second-order valence-electron chi connectivity index (χ2n) is 7.45. The van der Waals surface area contributed by atoms with Gasteiger partial charge in [0.05, 0.1) is 12.0 Å². The summed E-state index contributed by atoms with van der Waals surface area (Å²) in [7, 11) is 0. The fourth-order valence-corrected chi connectivity index (χ4v) is 3.66. The maximum absolute atomic E-state index is 12.9. The van der Waals surface area contributed by atoms with E-state index in [0.717, 1.165) is 28.4 Å². The van der Waals surface area contributed by atoms with Crippen molar-refractivity contribution in [2.45, 2.75) is 26.3 Å². The zero-order valence-corrected chi connectivity index (χ0v) is 15.7. The predicted molar refractivity (Wildman–Crippen MR) is 102 cm³/mol. The third kappa shape index (κ3) is 3.72. The van der Waals surface area contributed by atoms with Crippen LogP contribution in [0.4, 0.5) is 0 Å². The molecule has 2 aliphatic rings. The van der Waals surface area contributed by atoms with E-state index in [4.69, 9.17) is 14.2 Å². The molecule has 1 amide bonds. The second-order valence-corrected chi connectivity index (χ2v) is 7.45. The van der Waals surface area contributed by atoms with Gasteiger partial charge in [0.25, 0.3) is 0 Å². The Morgan fingerprint density at radius 3 is 2.59 bits per heavy atom. The van der Waals surface area contributed by atoms with Gasteiger partial charge in [-0.3, -0.25) is 4.79 Å². The number of hydrogen-bond donors (Lipinski definition) is 1. The van der Waals surface area contributed by atoms with Crippen LogP contribution in [0.25, 0.3) is 0 Å². The van der Waals surface area contributed by atoms with Crippen molar-refractivity contribution in [3.05, 3.63) is 53.6 Å². The summed E-state index contributed by atoms with van der Waals surface area (Å²) in [5, 5.41) is 3.22. The van der Waals surface area contributed by atoms with Gasteiger partial charge in [-0.15, -0.1) is 0 Å². The van der Waals surface area contributed by atoms with Crippen LogP contribution in [0.2, 0.25) is 0 Å². The van der Waals surface area contributed by atoms with Crippen molar-refractivity contribution in [2.24, 2.45) is 11.8 Å². The van der Waals surface area contributed by atoms with Gasteiger partial charge in [-0.1, -0.05) is 38.1 Å².